The fourth-order valence-corrected chi connectivity index (χ4v) is 1.13. The molecule has 1 aromatic rings. The van der Waals surface area contributed by atoms with Crippen molar-refractivity contribution in [2.45, 2.75) is 13.5 Å². The number of halogens is 3. The Morgan fingerprint density at radius 1 is 1.50 bits per heavy atom. The van der Waals surface area contributed by atoms with Gasteiger partial charge in [-0.15, -0.1) is 0 Å². The molecule has 0 aliphatic heterocycles. The van der Waals surface area contributed by atoms with Crippen LogP contribution in [-0.2, 0) is 0 Å². The van der Waals surface area contributed by atoms with Crippen LogP contribution in [0.1, 0.15) is 22.8 Å². The Morgan fingerprint density at radius 3 is 2.56 bits per heavy atom. The first-order valence-corrected chi connectivity index (χ1v) is 4.15. The lowest BCUT2D eigenvalue weighted by atomic mass is 10.1. The quantitative estimate of drug-likeness (QED) is 0.748. The van der Waals surface area contributed by atoms with Crippen LogP contribution in [0.15, 0.2) is 12.1 Å². The smallest absolute Gasteiger partial charge is 0.387 e. The molecule has 0 aromatic heterocycles. The molecular formula is C10H6F3NO2. The van der Waals surface area contributed by atoms with Crippen molar-refractivity contribution in [1.82, 2.24) is 0 Å². The van der Waals surface area contributed by atoms with E-state index in [0.29, 0.717) is 0 Å². The number of nitriles is 1. The number of ether oxygens (including phenoxy) is 1. The molecule has 0 bridgehead atoms. The molecular weight excluding hydrogens is 223 g/mol. The van der Waals surface area contributed by atoms with E-state index in [9.17, 15) is 18.0 Å². The van der Waals surface area contributed by atoms with E-state index in [1.807, 2.05) is 0 Å². The van der Waals surface area contributed by atoms with Gasteiger partial charge in [0.2, 0.25) is 0 Å². The number of hydrogen-bond acceptors (Lipinski definition) is 3. The van der Waals surface area contributed by atoms with E-state index in [-0.39, 0.29) is 5.56 Å². The van der Waals surface area contributed by atoms with Gasteiger partial charge in [0.1, 0.15) is 17.4 Å². The number of carbonyl (C=O) groups is 1. The standard InChI is InChI=1S/C10H6F3NO2/c1-5(15)6-2-3-8(16-10(12)13)7(4-14)9(6)11/h2-3,10H,1H3. The number of Topliss-reactive ketones (excluding diaryl/α,β-unsaturated/α-hetero) is 1. The fourth-order valence-electron chi connectivity index (χ4n) is 1.13. The second-order valence-corrected chi connectivity index (χ2v) is 2.85. The van der Waals surface area contributed by atoms with E-state index in [0.717, 1.165) is 19.1 Å². The van der Waals surface area contributed by atoms with Gasteiger partial charge in [-0.2, -0.15) is 14.0 Å². The van der Waals surface area contributed by atoms with Crippen molar-refractivity contribution < 1.29 is 22.7 Å². The maximum atomic E-state index is 13.5. The first-order chi connectivity index (χ1) is 7.47. The van der Waals surface area contributed by atoms with Crippen molar-refractivity contribution in [3.05, 3.63) is 29.1 Å². The highest BCUT2D eigenvalue weighted by atomic mass is 19.3. The molecule has 0 spiro atoms. The summed E-state index contributed by atoms with van der Waals surface area (Å²) >= 11 is 0. The van der Waals surface area contributed by atoms with Gasteiger partial charge in [-0.25, -0.2) is 4.39 Å². The van der Waals surface area contributed by atoms with Gasteiger partial charge in [0.05, 0.1) is 5.56 Å². The van der Waals surface area contributed by atoms with Gasteiger partial charge >= 0.3 is 6.61 Å². The van der Waals surface area contributed by atoms with E-state index in [4.69, 9.17) is 5.26 Å². The predicted molar refractivity (Wildman–Crippen MR) is 47.8 cm³/mol. The van der Waals surface area contributed by atoms with Gasteiger partial charge in [-0.3, -0.25) is 4.79 Å². The first kappa shape index (κ1) is 12.0. The minimum Gasteiger partial charge on any atom is -0.433 e. The molecule has 1 rings (SSSR count). The molecule has 84 valence electrons. The maximum absolute atomic E-state index is 13.5. The van der Waals surface area contributed by atoms with E-state index >= 15 is 0 Å². The lowest BCUT2D eigenvalue weighted by molar-refractivity contribution is -0.0502. The number of rotatable bonds is 3. The molecule has 0 saturated heterocycles. The zero-order valence-electron chi connectivity index (χ0n) is 8.13. The lowest BCUT2D eigenvalue weighted by Crippen LogP contribution is -2.07. The molecule has 0 saturated carbocycles. The summed E-state index contributed by atoms with van der Waals surface area (Å²) in [5.74, 6) is -2.33. The Morgan fingerprint density at radius 2 is 2.12 bits per heavy atom. The van der Waals surface area contributed by atoms with Gasteiger partial charge in [0, 0.05) is 0 Å². The Bertz CT molecular complexity index is 466. The molecule has 0 radical (unpaired) electrons. The summed E-state index contributed by atoms with van der Waals surface area (Å²) in [7, 11) is 0. The Labute approximate surface area is 89.1 Å². The van der Waals surface area contributed by atoms with E-state index in [2.05, 4.69) is 4.74 Å². The summed E-state index contributed by atoms with van der Waals surface area (Å²) in [6.07, 6.45) is 0. The molecule has 0 atom stereocenters. The molecule has 16 heavy (non-hydrogen) atoms. The third kappa shape index (κ3) is 2.31. The minimum atomic E-state index is -3.16. The van der Waals surface area contributed by atoms with Crippen molar-refractivity contribution >= 4 is 5.78 Å². The number of alkyl halides is 2. The Kier molecular flexibility index (Phi) is 3.51. The van der Waals surface area contributed by atoms with Gasteiger partial charge in [0.25, 0.3) is 0 Å². The number of benzene rings is 1. The Balaban J connectivity index is 3.31. The summed E-state index contributed by atoms with van der Waals surface area (Å²) in [5, 5.41) is 8.59. The van der Waals surface area contributed by atoms with Crippen LogP contribution < -0.4 is 4.74 Å². The van der Waals surface area contributed by atoms with Gasteiger partial charge in [-0.05, 0) is 19.1 Å². The molecule has 0 aliphatic rings. The van der Waals surface area contributed by atoms with Gasteiger partial charge in [-0.1, -0.05) is 0 Å². The molecule has 6 heteroatoms. The molecule has 0 N–H and O–H groups in total. The average molecular weight is 229 g/mol. The highest BCUT2D eigenvalue weighted by molar-refractivity contribution is 5.95. The van der Waals surface area contributed by atoms with Crippen molar-refractivity contribution in [1.29, 1.82) is 5.26 Å². The molecule has 0 unspecified atom stereocenters. The molecule has 0 heterocycles. The summed E-state index contributed by atoms with van der Waals surface area (Å²) in [6.45, 7) is -2.05. The van der Waals surface area contributed by atoms with Gasteiger partial charge < -0.3 is 4.74 Å². The van der Waals surface area contributed by atoms with Crippen molar-refractivity contribution in [3.63, 3.8) is 0 Å². The fraction of sp³-hybridized carbons (Fsp3) is 0.200. The number of nitrogens with zero attached hydrogens (tertiary/aromatic N) is 1. The lowest BCUT2D eigenvalue weighted by Gasteiger charge is -2.08. The topological polar surface area (TPSA) is 50.1 Å². The number of carbonyl (C=O) groups excluding carboxylic acids is 1. The van der Waals surface area contributed by atoms with Crippen LogP contribution in [-0.4, -0.2) is 12.4 Å². The summed E-state index contributed by atoms with van der Waals surface area (Å²) in [4.78, 5) is 10.9. The van der Waals surface area contributed by atoms with Crippen LogP contribution in [0.4, 0.5) is 13.2 Å². The van der Waals surface area contributed by atoms with Crippen molar-refractivity contribution in [2.75, 3.05) is 0 Å². The van der Waals surface area contributed by atoms with E-state index in [1.165, 1.54) is 6.07 Å². The van der Waals surface area contributed by atoms with Crippen LogP contribution in [0.25, 0.3) is 0 Å². The van der Waals surface area contributed by atoms with E-state index in [1.54, 1.807) is 0 Å². The molecule has 0 amide bonds. The van der Waals surface area contributed by atoms with E-state index < -0.39 is 29.5 Å². The number of hydrogen-bond donors (Lipinski definition) is 0. The second kappa shape index (κ2) is 4.66. The number of ketones is 1. The van der Waals surface area contributed by atoms with Crippen LogP contribution >= 0.6 is 0 Å². The summed E-state index contributed by atoms with van der Waals surface area (Å²) in [6, 6.07) is 3.34. The largest absolute Gasteiger partial charge is 0.433 e. The monoisotopic (exact) mass is 229 g/mol. The highest BCUT2D eigenvalue weighted by Gasteiger charge is 2.18. The average Bonchev–Trinajstić information content (AvgIpc) is 2.16. The normalized spacial score (nSPS) is 10.0. The maximum Gasteiger partial charge on any atom is 0.387 e. The second-order valence-electron chi connectivity index (χ2n) is 2.85. The molecule has 1 aromatic carbocycles. The zero-order chi connectivity index (χ0) is 12.3. The summed E-state index contributed by atoms with van der Waals surface area (Å²) in [5.41, 5.74) is -1.04. The summed E-state index contributed by atoms with van der Waals surface area (Å²) < 4.78 is 41.2. The van der Waals surface area contributed by atoms with Crippen molar-refractivity contribution in [2.24, 2.45) is 0 Å². The third-order valence-corrected chi connectivity index (χ3v) is 1.81. The van der Waals surface area contributed by atoms with Crippen LogP contribution in [0.5, 0.6) is 5.75 Å². The van der Waals surface area contributed by atoms with Crippen LogP contribution in [0.2, 0.25) is 0 Å². The molecule has 0 aliphatic carbocycles. The Hall–Kier alpha value is -2.03. The third-order valence-electron chi connectivity index (χ3n) is 1.81. The van der Waals surface area contributed by atoms with Gasteiger partial charge in [0.15, 0.2) is 11.6 Å². The molecule has 0 fully saturated rings. The molecule has 3 nitrogen and oxygen atoms in total. The first-order valence-electron chi connectivity index (χ1n) is 4.15. The van der Waals surface area contributed by atoms with Crippen LogP contribution in [0.3, 0.4) is 0 Å². The minimum absolute atomic E-state index is 0.335. The predicted octanol–water partition coefficient (Wildman–Crippen LogP) is 2.50. The SMILES string of the molecule is CC(=O)c1ccc(OC(F)F)c(C#N)c1F. The van der Waals surface area contributed by atoms with Crippen LogP contribution in [0, 0.1) is 17.1 Å². The zero-order valence-corrected chi connectivity index (χ0v) is 8.13. The van der Waals surface area contributed by atoms with Crippen molar-refractivity contribution in [3.8, 4) is 11.8 Å². The highest BCUT2D eigenvalue weighted by Crippen LogP contribution is 2.25.